The zero-order valence-electron chi connectivity index (χ0n) is 7.93. The summed E-state index contributed by atoms with van der Waals surface area (Å²) in [5.74, 6) is -2.38. The highest BCUT2D eigenvalue weighted by molar-refractivity contribution is 9.08. The largest absolute Gasteiger partial charge is 0.573 e. The lowest BCUT2D eigenvalue weighted by atomic mass is 10.2. The maximum atomic E-state index is 12.3. The second-order valence-corrected chi connectivity index (χ2v) is 3.39. The normalized spacial score (nSPS) is 11.9. The Morgan fingerprint density at radius 1 is 1.41 bits per heavy atom. The molecule has 96 valence electrons. The van der Waals surface area contributed by atoms with E-state index in [2.05, 4.69) is 25.7 Å². The first kappa shape index (κ1) is 13.9. The van der Waals surface area contributed by atoms with E-state index in [1.165, 1.54) is 0 Å². The molecule has 9 heteroatoms. The third kappa shape index (κ3) is 3.42. The first-order valence-corrected chi connectivity index (χ1v) is 5.19. The van der Waals surface area contributed by atoms with Gasteiger partial charge in [0.15, 0.2) is 17.2 Å². The van der Waals surface area contributed by atoms with Crippen molar-refractivity contribution in [2.45, 2.75) is 18.1 Å². The van der Waals surface area contributed by atoms with Gasteiger partial charge in [-0.1, -0.05) is 15.9 Å². The van der Waals surface area contributed by atoms with Gasteiger partial charge in [0.1, 0.15) is 0 Å². The monoisotopic (exact) mass is 321 g/mol. The maximum Gasteiger partial charge on any atom is 0.573 e. The van der Waals surface area contributed by atoms with Crippen LogP contribution in [0, 0.1) is 0 Å². The summed E-state index contributed by atoms with van der Waals surface area (Å²) in [6, 6.07) is 0. The van der Waals surface area contributed by atoms with Crippen LogP contribution >= 0.6 is 15.9 Å². The second-order valence-electron chi connectivity index (χ2n) is 2.83. The standard InChI is InChI=1S/C8H5BrF5NO2/c9-1-3-2-15-4(7(10)11)5(16)6(3)17-8(12,13)14/h2,7,16H,1H2. The summed E-state index contributed by atoms with van der Waals surface area (Å²) >= 11 is 2.83. The molecular formula is C8H5BrF5NO2. The summed E-state index contributed by atoms with van der Waals surface area (Å²) in [6.07, 6.45) is -7.51. The number of aromatic hydroxyl groups is 1. The molecule has 0 aliphatic heterocycles. The molecule has 0 spiro atoms. The van der Waals surface area contributed by atoms with E-state index < -0.39 is 30.0 Å². The number of ether oxygens (including phenoxy) is 1. The molecule has 1 N–H and O–H groups in total. The van der Waals surface area contributed by atoms with E-state index >= 15 is 0 Å². The third-order valence-electron chi connectivity index (χ3n) is 1.68. The Morgan fingerprint density at radius 3 is 2.41 bits per heavy atom. The van der Waals surface area contributed by atoms with Crippen LogP contribution in [-0.2, 0) is 5.33 Å². The van der Waals surface area contributed by atoms with Gasteiger partial charge in [0.05, 0.1) is 0 Å². The first-order valence-electron chi connectivity index (χ1n) is 4.07. The quantitative estimate of drug-likeness (QED) is 0.684. The number of nitrogens with zero attached hydrogens (tertiary/aromatic N) is 1. The SMILES string of the molecule is Oc1c(C(F)F)ncc(CBr)c1OC(F)(F)F. The highest BCUT2D eigenvalue weighted by Crippen LogP contribution is 2.40. The minimum Gasteiger partial charge on any atom is -0.503 e. The van der Waals surface area contributed by atoms with Gasteiger partial charge < -0.3 is 9.84 Å². The van der Waals surface area contributed by atoms with Crippen molar-refractivity contribution in [1.29, 1.82) is 0 Å². The van der Waals surface area contributed by atoms with Crippen LogP contribution in [0.25, 0.3) is 0 Å². The third-order valence-corrected chi connectivity index (χ3v) is 2.28. The molecule has 1 aromatic heterocycles. The molecule has 17 heavy (non-hydrogen) atoms. The summed E-state index contributed by atoms with van der Waals surface area (Å²) in [6.45, 7) is 0. The zero-order chi connectivity index (χ0) is 13.2. The lowest BCUT2D eigenvalue weighted by Crippen LogP contribution is -2.18. The zero-order valence-corrected chi connectivity index (χ0v) is 9.52. The van der Waals surface area contributed by atoms with Crippen LogP contribution in [0.5, 0.6) is 11.5 Å². The molecule has 0 atom stereocenters. The molecule has 1 rings (SSSR count). The van der Waals surface area contributed by atoms with Gasteiger partial charge in [0, 0.05) is 17.1 Å². The summed E-state index contributed by atoms with van der Waals surface area (Å²) in [5.41, 5.74) is -1.35. The number of alkyl halides is 6. The van der Waals surface area contributed by atoms with Crippen molar-refractivity contribution in [3.8, 4) is 11.5 Å². The van der Waals surface area contributed by atoms with Crippen LogP contribution in [0.3, 0.4) is 0 Å². The summed E-state index contributed by atoms with van der Waals surface area (Å²) < 4.78 is 64.1. The predicted octanol–water partition coefficient (Wildman–Crippen LogP) is 3.52. The Balaban J connectivity index is 3.28. The van der Waals surface area contributed by atoms with Crippen molar-refractivity contribution in [1.82, 2.24) is 4.98 Å². The molecule has 0 aliphatic rings. The van der Waals surface area contributed by atoms with Crippen molar-refractivity contribution in [2.75, 3.05) is 0 Å². The maximum absolute atomic E-state index is 12.3. The molecule has 0 unspecified atom stereocenters. The van der Waals surface area contributed by atoms with E-state index in [9.17, 15) is 27.1 Å². The van der Waals surface area contributed by atoms with Gasteiger partial charge in [-0.25, -0.2) is 8.78 Å². The fourth-order valence-electron chi connectivity index (χ4n) is 1.02. The van der Waals surface area contributed by atoms with Crippen molar-refractivity contribution in [3.63, 3.8) is 0 Å². The summed E-state index contributed by atoms with van der Waals surface area (Å²) in [4.78, 5) is 3.16. The van der Waals surface area contributed by atoms with Crippen LogP contribution in [0.15, 0.2) is 6.20 Å². The van der Waals surface area contributed by atoms with E-state index in [0.29, 0.717) is 0 Å². The average molecular weight is 322 g/mol. The van der Waals surface area contributed by atoms with E-state index in [1.54, 1.807) is 0 Å². The lowest BCUT2D eigenvalue weighted by molar-refractivity contribution is -0.275. The molecule has 3 nitrogen and oxygen atoms in total. The molecule has 0 aliphatic carbocycles. The van der Waals surface area contributed by atoms with Crippen LogP contribution < -0.4 is 4.74 Å². The number of aromatic nitrogens is 1. The Kier molecular flexibility index (Phi) is 4.12. The molecule has 0 bridgehead atoms. The molecule has 1 aromatic rings. The van der Waals surface area contributed by atoms with Crippen LogP contribution in [0.2, 0.25) is 0 Å². The van der Waals surface area contributed by atoms with Crippen molar-refractivity contribution < 1.29 is 31.8 Å². The second kappa shape index (κ2) is 5.03. The number of hydrogen-bond acceptors (Lipinski definition) is 3. The molecule has 0 amide bonds. The van der Waals surface area contributed by atoms with Gasteiger partial charge in [-0.05, 0) is 0 Å². The number of hydrogen-bond donors (Lipinski definition) is 1. The van der Waals surface area contributed by atoms with E-state index in [0.717, 1.165) is 6.20 Å². The summed E-state index contributed by atoms with van der Waals surface area (Å²) in [5, 5.41) is 9.11. The molecular weight excluding hydrogens is 317 g/mol. The van der Waals surface area contributed by atoms with Crippen molar-refractivity contribution >= 4 is 15.9 Å². The van der Waals surface area contributed by atoms with E-state index in [1.807, 2.05) is 0 Å². The smallest absolute Gasteiger partial charge is 0.503 e. The Morgan fingerprint density at radius 2 is 2.00 bits per heavy atom. The fraction of sp³-hybridized carbons (Fsp3) is 0.375. The van der Waals surface area contributed by atoms with Gasteiger partial charge in [0.25, 0.3) is 6.43 Å². The molecule has 0 saturated carbocycles. The molecule has 1 heterocycles. The van der Waals surface area contributed by atoms with Crippen molar-refractivity contribution in [2.24, 2.45) is 0 Å². The average Bonchev–Trinajstić information content (AvgIpc) is 2.18. The van der Waals surface area contributed by atoms with Gasteiger partial charge in [0.2, 0.25) is 0 Å². The molecule has 0 radical (unpaired) electrons. The fourth-order valence-corrected chi connectivity index (χ4v) is 1.42. The van der Waals surface area contributed by atoms with E-state index in [-0.39, 0.29) is 10.9 Å². The Labute approximate surface area is 100 Å². The topological polar surface area (TPSA) is 42.4 Å². The number of rotatable bonds is 3. The number of pyridine rings is 1. The van der Waals surface area contributed by atoms with Crippen LogP contribution in [-0.4, -0.2) is 16.5 Å². The minimum absolute atomic E-state index is 0.136. The van der Waals surface area contributed by atoms with E-state index in [4.69, 9.17) is 0 Å². The van der Waals surface area contributed by atoms with Gasteiger partial charge in [-0.2, -0.15) is 0 Å². The van der Waals surface area contributed by atoms with Gasteiger partial charge in [-0.3, -0.25) is 4.98 Å². The number of halogens is 6. The molecule has 0 aromatic carbocycles. The lowest BCUT2D eigenvalue weighted by Gasteiger charge is -2.15. The Bertz CT molecular complexity index is 410. The van der Waals surface area contributed by atoms with Gasteiger partial charge >= 0.3 is 6.36 Å². The van der Waals surface area contributed by atoms with Gasteiger partial charge in [-0.15, -0.1) is 13.2 Å². The summed E-state index contributed by atoms with van der Waals surface area (Å²) in [7, 11) is 0. The predicted molar refractivity (Wildman–Crippen MR) is 50.2 cm³/mol. The molecule has 0 saturated heterocycles. The molecule has 0 fully saturated rings. The first-order chi connectivity index (χ1) is 7.76. The highest BCUT2D eigenvalue weighted by atomic mass is 79.9. The van der Waals surface area contributed by atoms with Crippen LogP contribution in [0.1, 0.15) is 17.7 Å². The van der Waals surface area contributed by atoms with Crippen LogP contribution in [0.4, 0.5) is 22.0 Å². The highest BCUT2D eigenvalue weighted by Gasteiger charge is 2.35. The minimum atomic E-state index is -5.09. The van der Waals surface area contributed by atoms with Crippen molar-refractivity contribution in [3.05, 3.63) is 17.5 Å². The Hall–Kier alpha value is -1.12.